The van der Waals surface area contributed by atoms with Gasteiger partial charge in [-0.2, -0.15) is 11.8 Å². The van der Waals surface area contributed by atoms with Crippen molar-refractivity contribution in [2.24, 2.45) is 5.92 Å². The minimum absolute atomic E-state index is 0.126. The molecule has 66 valence electrons. The van der Waals surface area contributed by atoms with Crippen molar-refractivity contribution in [1.29, 1.82) is 0 Å². The van der Waals surface area contributed by atoms with Crippen LogP contribution in [0.3, 0.4) is 0 Å². The molecule has 0 bridgehead atoms. The fourth-order valence-corrected chi connectivity index (χ4v) is 2.66. The molecule has 0 radical (unpaired) electrons. The van der Waals surface area contributed by atoms with Crippen molar-refractivity contribution >= 4 is 11.8 Å². The van der Waals surface area contributed by atoms with E-state index in [2.05, 4.69) is 0 Å². The molecule has 0 aromatic rings. The summed E-state index contributed by atoms with van der Waals surface area (Å²) in [6.45, 7) is 1.80. The molecular weight excluding hydrogens is 160 g/mol. The van der Waals surface area contributed by atoms with Crippen molar-refractivity contribution in [2.45, 2.75) is 32.0 Å². The van der Waals surface area contributed by atoms with Gasteiger partial charge in [0.05, 0.1) is 12.2 Å². The Morgan fingerprint density at radius 3 is 2.73 bits per heavy atom. The van der Waals surface area contributed by atoms with E-state index in [1.165, 1.54) is 0 Å². The second-order valence-electron chi connectivity index (χ2n) is 3.29. The van der Waals surface area contributed by atoms with Crippen molar-refractivity contribution in [2.75, 3.05) is 11.5 Å². The topological polar surface area (TPSA) is 40.5 Å². The highest BCUT2D eigenvalue weighted by atomic mass is 32.2. The Morgan fingerprint density at radius 1 is 1.55 bits per heavy atom. The summed E-state index contributed by atoms with van der Waals surface area (Å²) in [6.07, 6.45) is 1.44. The van der Waals surface area contributed by atoms with Crippen molar-refractivity contribution in [3.05, 3.63) is 0 Å². The summed E-state index contributed by atoms with van der Waals surface area (Å²) >= 11 is 1.81. The van der Waals surface area contributed by atoms with Gasteiger partial charge in [0.15, 0.2) is 0 Å². The first-order valence-electron chi connectivity index (χ1n) is 4.14. The maximum Gasteiger partial charge on any atom is 0.0666 e. The van der Waals surface area contributed by atoms with Crippen molar-refractivity contribution < 1.29 is 10.2 Å². The van der Waals surface area contributed by atoms with Crippen LogP contribution in [0.15, 0.2) is 0 Å². The number of aliphatic hydroxyl groups excluding tert-OH is 2. The monoisotopic (exact) mass is 176 g/mol. The van der Waals surface area contributed by atoms with Crippen LogP contribution >= 0.6 is 11.8 Å². The highest BCUT2D eigenvalue weighted by Crippen LogP contribution is 2.27. The number of rotatable bonds is 3. The van der Waals surface area contributed by atoms with E-state index in [0.29, 0.717) is 5.92 Å². The summed E-state index contributed by atoms with van der Waals surface area (Å²) in [5, 5.41) is 18.4. The van der Waals surface area contributed by atoms with Gasteiger partial charge in [-0.1, -0.05) is 0 Å². The van der Waals surface area contributed by atoms with Gasteiger partial charge in [0.1, 0.15) is 0 Å². The minimum Gasteiger partial charge on any atom is -0.393 e. The third-order valence-electron chi connectivity index (χ3n) is 2.12. The lowest BCUT2D eigenvalue weighted by Crippen LogP contribution is -2.19. The Balaban J connectivity index is 2.15. The van der Waals surface area contributed by atoms with Gasteiger partial charge in [0, 0.05) is 5.75 Å². The van der Waals surface area contributed by atoms with E-state index < -0.39 is 0 Å². The summed E-state index contributed by atoms with van der Waals surface area (Å²) in [5.74, 6) is 2.37. The van der Waals surface area contributed by atoms with Crippen LogP contribution in [0.2, 0.25) is 0 Å². The predicted molar refractivity (Wildman–Crippen MR) is 47.7 cm³/mol. The first-order chi connectivity index (χ1) is 5.20. The number of thioether (sulfide) groups is 1. The van der Waals surface area contributed by atoms with Gasteiger partial charge in [-0.3, -0.25) is 0 Å². The molecule has 0 saturated carbocycles. The zero-order valence-electron chi connectivity index (χ0n) is 6.86. The molecule has 1 fully saturated rings. The molecule has 3 heteroatoms. The fourth-order valence-electron chi connectivity index (χ4n) is 1.32. The fraction of sp³-hybridized carbons (Fsp3) is 1.00. The van der Waals surface area contributed by atoms with E-state index in [9.17, 15) is 5.11 Å². The molecule has 1 aliphatic heterocycles. The number of aliphatic hydroxyl groups is 2. The van der Waals surface area contributed by atoms with Crippen LogP contribution in [0.1, 0.15) is 19.8 Å². The Labute approximate surface area is 72.0 Å². The van der Waals surface area contributed by atoms with E-state index >= 15 is 0 Å². The Kier molecular flexibility index (Phi) is 3.69. The molecule has 1 aliphatic rings. The lowest BCUT2D eigenvalue weighted by atomic mass is 9.99. The molecule has 0 amide bonds. The third-order valence-corrected chi connectivity index (χ3v) is 3.36. The van der Waals surface area contributed by atoms with Crippen LogP contribution in [0.25, 0.3) is 0 Å². The molecule has 11 heavy (non-hydrogen) atoms. The summed E-state index contributed by atoms with van der Waals surface area (Å²) in [5.41, 5.74) is 0. The van der Waals surface area contributed by atoms with Crippen molar-refractivity contribution in [3.8, 4) is 0 Å². The van der Waals surface area contributed by atoms with E-state index in [4.69, 9.17) is 5.11 Å². The zero-order valence-corrected chi connectivity index (χ0v) is 7.68. The van der Waals surface area contributed by atoms with Gasteiger partial charge in [-0.15, -0.1) is 0 Å². The molecule has 0 spiro atoms. The summed E-state index contributed by atoms with van der Waals surface area (Å²) < 4.78 is 0. The summed E-state index contributed by atoms with van der Waals surface area (Å²) in [4.78, 5) is 0. The number of hydrogen-bond donors (Lipinski definition) is 2. The molecule has 3 atom stereocenters. The highest BCUT2D eigenvalue weighted by molar-refractivity contribution is 7.99. The average Bonchev–Trinajstić information content (AvgIpc) is 2.31. The van der Waals surface area contributed by atoms with Gasteiger partial charge in [0.2, 0.25) is 0 Å². The zero-order chi connectivity index (χ0) is 8.27. The lowest BCUT2D eigenvalue weighted by Gasteiger charge is -2.13. The average molecular weight is 176 g/mol. The van der Waals surface area contributed by atoms with Crippen LogP contribution < -0.4 is 0 Å². The SMILES string of the molecule is CC(O)CCC1CSCC1O. The molecule has 2 nitrogen and oxygen atoms in total. The van der Waals surface area contributed by atoms with Crippen LogP contribution in [0.5, 0.6) is 0 Å². The first kappa shape index (κ1) is 9.36. The summed E-state index contributed by atoms with van der Waals surface area (Å²) in [7, 11) is 0. The first-order valence-corrected chi connectivity index (χ1v) is 5.29. The predicted octanol–water partition coefficient (Wildman–Crippen LogP) is 0.871. The molecule has 2 N–H and O–H groups in total. The van der Waals surface area contributed by atoms with Crippen molar-refractivity contribution in [1.82, 2.24) is 0 Å². The van der Waals surface area contributed by atoms with Gasteiger partial charge in [-0.05, 0) is 31.4 Å². The highest BCUT2D eigenvalue weighted by Gasteiger charge is 2.25. The van der Waals surface area contributed by atoms with E-state index in [1.807, 2.05) is 11.8 Å². The van der Waals surface area contributed by atoms with Gasteiger partial charge in [0.25, 0.3) is 0 Å². The molecule has 0 aromatic carbocycles. The molecule has 3 unspecified atom stereocenters. The quantitative estimate of drug-likeness (QED) is 0.670. The number of hydrogen-bond acceptors (Lipinski definition) is 3. The summed E-state index contributed by atoms with van der Waals surface area (Å²) in [6, 6.07) is 0. The Morgan fingerprint density at radius 2 is 2.27 bits per heavy atom. The second kappa shape index (κ2) is 4.33. The molecule has 1 saturated heterocycles. The van der Waals surface area contributed by atoms with Gasteiger partial charge < -0.3 is 10.2 Å². The van der Waals surface area contributed by atoms with Gasteiger partial charge in [-0.25, -0.2) is 0 Å². The van der Waals surface area contributed by atoms with E-state index in [1.54, 1.807) is 6.92 Å². The Bertz CT molecular complexity index is 117. The van der Waals surface area contributed by atoms with E-state index in [0.717, 1.165) is 24.3 Å². The molecular formula is C8H16O2S. The second-order valence-corrected chi connectivity index (χ2v) is 4.37. The largest absolute Gasteiger partial charge is 0.393 e. The standard InChI is InChI=1S/C8H16O2S/c1-6(9)2-3-7-4-11-5-8(7)10/h6-10H,2-5H2,1H3. The van der Waals surface area contributed by atoms with Crippen LogP contribution in [0, 0.1) is 5.92 Å². The Hall–Kier alpha value is 0.270. The normalized spacial score (nSPS) is 34.1. The van der Waals surface area contributed by atoms with Gasteiger partial charge >= 0.3 is 0 Å². The molecule has 1 heterocycles. The van der Waals surface area contributed by atoms with Crippen LogP contribution in [0.4, 0.5) is 0 Å². The molecule has 0 aromatic heterocycles. The van der Waals surface area contributed by atoms with Crippen LogP contribution in [-0.4, -0.2) is 33.9 Å². The molecule has 0 aliphatic carbocycles. The minimum atomic E-state index is -0.215. The smallest absolute Gasteiger partial charge is 0.0666 e. The lowest BCUT2D eigenvalue weighted by molar-refractivity contribution is 0.123. The van der Waals surface area contributed by atoms with Crippen molar-refractivity contribution in [3.63, 3.8) is 0 Å². The maximum atomic E-state index is 9.40. The van der Waals surface area contributed by atoms with E-state index in [-0.39, 0.29) is 12.2 Å². The third kappa shape index (κ3) is 3.01. The van der Waals surface area contributed by atoms with Crippen LogP contribution in [-0.2, 0) is 0 Å². The maximum absolute atomic E-state index is 9.40. The molecule has 1 rings (SSSR count).